The molecule has 0 spiro atoms. The Morgan fingerprint density at radius 1 is 1.10 bits per heavy atom. The first-order valence-electron chi connectivity index (χ1n) is 7.22. The van der Waals surface area contributed by atoms with Gasteiger partial charge in [-0.2, -0.15) is 0 Å². The highest BCUT2D eigenvalue weighted by molar-refractivity contribution is 7.12. The molecule has 0 bridgehead atoms. The van der Waals surface area contributed by atoms with Crippen molar-refractivity contribution >= 4 is 11.3 Å². The molecule has 21 heavy (non-hydrogen) atoms. The van der Waals surface area contributed by atoms with E-state index in [4.69, 9.17) is 9.47 Å². The van der Waals surface area contributed by atoms with Crippen molar-refractivity contribution in [1.29, 1.82) is 0 Å². The Bertz CT molecular complexity index is 659. The first-order valence-corrected chi connectivity index (χ1v) is 8.04. The van der Waals surface area contributed by atoms with Gasteiger partial charge in [0.15, 0.2) is 11.5 Å². The molecule has 1 aromatic heterocycles. The number of nitrogens with one attached hydrogen (secondary N) is 1. The number of phenolic OH excluding ortho intramolecular Hbond substituents is 1. The Labute approximate surface area is 127 Å². The summed E-state index contributed by atoms with van der Waals surface area (Å²) in [6, 6.07) is 5.79. The van der Waals surface area contributed by atoms with Gasteiger partial charge in [0.05, 0.1) is 0 Å². The van der Waals surface area contributed by atoms with E-state index in [2.05, 4.69) is 11.4 Å². The molecular formula is C16H17NO3S. The zero-order chi connectivity index (χ0) is 14.2. The number of hydrogen-bond donors (Lipinski definition) is 2. The molecule has 1 aliphatic carbocycles. The molecule has 2 aliphatic rings. The van der Waals surface area contributed by atoms with Gasteiger partial charge >= 0.3 is 0 Å². The van der Waals surface area contributed by atoms with Crippen LogP contribution in [0.2, 0.25) is 0 Å². The van der Waals surface area contributed by atoms with Crippen LogP contribution in [0.3, 0.4) is 0 Å². The second-order valence-electron chi connectivity index (χ2n) is 5.45. The third kappa shape index (κ3) is 2.47. The summed E-state index contributed by atoms with van der Waals surface area (Å²) in [6.07, 6.45) is 3.78. The molecule has 5 heteroatoms. The summed E-state index contributed by atoms with van der Waals surface area (Å²) in [5.74, 6) is 1.58. The van der Waals surface area contributed by atoms with Gasteiger partial charge in [-0.05, 0) is 37.0 Å². The molecule has 2 heterocycles. The Morgan fingerprint density at radius 2 is 1.95 bits per heavy atom. The van der Waals surface area contributed by atoms with Crippen molar-refractivity contribution in [2.24, 2.45) is 0 Å². The standard InChI is InChI=1S/C16H17NO3S/c18-13-6-15-14(19-9-20-15)5-11(13)7-17-8-12-4-10-2-1-3-16(10)21-12/h4-6,17-18H,1-3,7-9H2. The zero-order valence-corrected chi connectivity index (χ0v) is 12.5. The van der Waals surface area contributed by atoms with Crippen LogP contribution in [0.4, 0.5) is 0 Å². The SMILES string of the molecule is Oc1cc2c(cc1CNCc1cc3c(s1)CCC3)OCO2. The molecule has 0 amide bonds. The van der Waals surface area contributed by atoms with E-state index >= 15 is 0 Å². The Balaban J connectivity index is 1.40. The normalized spacial score (nSPS) is 15.4. The van der Waals surface area contributed by atoms with E-state index in [9.17, 15) is 5.11 Å². The summed E-state index contributed by atoms with van der Waals surface area (Å²) < 4.78 is 10.6. The summed E-state index contributed by atoms with van der Waals surface area (Å²) in [6.45, 7) is 1.68. The first kappa shape index (κ1) is 13.0. The maximum absolute atomic E-state index is 9.99. The fourth-order valence-electron chi connectivity index (χ4n) is 2.91. The molecule has 0 fully saturated rings. The maximum atomic E-state index is 9.99. The van der Waals surface area contributed by atoms with Crippen LogP contribution in [0, 0.1) is 0 Å². The van der Waals surface area contributed by atoms with Gasteiger partial charge in [0.2, 0.25) is 6.79 Å². The minimum atomic E-state index is 0.229. The van der Waals surface area contributed by atoms with Crippen LogP contribution in [0.25, 0.3) is 0 Å². The van der Waals surface area contributed by atoms with Gasteiger partial charge in [-0.15, -0.1) is 11.3 Å². The van der Waals surface area contributed by atoms with Crippen molar-refractivity contribution in [3.63, 3.8) is 0 Å². The van der Waals surface area contributed by atoms with E-state index < -0.39 is 0 Å². The van der Waals surface area contributed by atoms with Gasteiger partial charge in [-0.1, -0.05) is 0 Å². The fourth-order valence-corrected chi connectivity index (χ4v) is 4.14. The van der Waals surface area contributed by atoms with E-state index in [0.29, 0.717) is 18.0 Å². The molecule has 0 saturated carbocycles. The lowest BCUT2D eigenvalue weighted by atomic mass is 10.1. The molecule has 2 aromatic rings. The highest BCUT2D eigenvalue weighted by atomic mass is 32.1. The second-order valence-corrected chi connectivity index (χ2v) is 6.67. The van der Waals surface area contributed by atoms with Gasteiger partial charge in [-0.3, -0.25) is 0 Å². The van der Waals surface area contributed by atoms with Crippen LogP contribution in [-0.4, -0.2) is 11.9 Å². The predicted molar refractivity (Wildman–Crippen MR) is 81.1 cm³/mol. The second kappa shape index (κ2) is 5.24. The number of hydrogen-bond acceptors (Lipinski definition) is 5. The summed E-state index contributed by atoms with van der Waals surface area (Å²) in [5.41, 5.74) is 2.37. The average Bonchev–Trinajstić information content (AvgIpc) is 3.13. The molecule has 0 radical (unpaired) electrons. The van der Waals surface area contributed by atoms with Crippen molar-refractivity contribution < 1.29 is 14.6 Å². The monoisotopic (exact) mass is 303 g/mol. The van der Waals surface area contributed by atoms with Crippen LogP contribution in [0.5, 0.6) is 17.2 Å². The molecule has 0 unspecified atom stereocenters. The van der Waals surface area contributed by atoms with E-state index in [0.717, 1.165) is 12.1 Å². The fraction of sp³-hybridized carbons (Fsp3) is 0.375. The van der Waals surface area contributed by atoms with Gasteiger partial charge in [0.1, 0.15) is 5.75 Å². The number of fused-ring (bicyclic) bond motifs is 2. The number of aryl methyl sites for hydroxylation is 2. The van der Waals surface area contributed by atoms with E-state index in [1.807, 2.05) is 17.4 Å². The predicted octanol–water partition coefficient (Wildman–Crippen LogP) is 2.96. The quantitative estimate of drug-likeness (QED) is 0.912. The highest BCUT2D eigenvalue weighted by Gasteiger charge is 2.17. The van der Waals surface area contributed by atoms with Crippen molar-refractivity contribution in [1.82, 2.24) is 5.32 Å². The smallest absolute Gasteiger partial charge is 0.231 e. The van der Waals surface area contributed by atoms with Crippen LogP contribution in [0.1, 0.15) is 27.3 Å². The topological polar surface area (TPSA) is 50.7 Å². The van der Waals surface area contributed by atoms with Crippen LogP contribution >= 0.6 is 11.3 Å². The van der Waals surface area contributed by atoms with Gasteiger partial charge in [0.25, 0.3) is 0 Å². The number of benzene rings is 1. The van der Waals surface area contributed by atoms with Gasteiger partial charge in [0, 0.05) is 34.5 Å². The van der Waals surface area contributed by atoms with Crippen LogP contribution in [-0.2, 0) is 25.9 Å². The van der Waals surface area contributed by atoms with Gasteiger partial charge < -0.3 is 19.9 Å². The number of thiophene rings is 1. The summed E-state index contributed by atoms with van der Waals surface area (Å²) in [5, 5.41) is 13.4. The Kier molecular flexibility index (Phi) is 3.24. The minimum absolute atomic E-state index is 0.229. The lowest BCUT2D eigenvalue weighted by Crippen LogP contribution is -2.11. The molecule has 0 saturated heterocycles. The number of ether oxygens (including phenoxy) is 2. The zero-order valence-electron chi connectivity index (χ0n) is 11.6. The highest BCUT2D eigenvalue weighted by Crippen LogP contribution is 2.37. The summed E-state index contributed by atoms with van der Waals surface area (Å²) in [7, 11) is 0. The largest absolute Gasteiger partial charge is 0.507 e. The molecule has 110 valence electrons. The van der Waals surface area contributed by atoms with Crippen molar-refractivity contribution in [3.05, 3.63) is 39.1 Å². The third-order valence-corrected chi connectivity index (χ3v) is 5.22. The molecule has 0 atom stereocenters. The molecule has 4 nitrogen and oxygen atoms in total. The number of phenols is 1. The average molecular weight is 303 g/mol. The van der Waals surface area contributed by atoms with E-state index in [1.165, 1.54) is 29.7 Å². The summed E-state index contributed by atoms with van der Waals surface area (Å²) >= 11 is 1.91. The molecular weight excluding hydrogens is 286 g/mol. The Hall–Kier alpha value is -1.72. The minimum Gasteiger partial charge on any atom is -0.507 e. The lowest BCUT2D eigenvalue weighted by Gasteiger charge is -2.07. The van der Waals surface area contributed by atoms with Crippen LogP contribution in [0.15, 0.2) is 18.2 Å². The summed E-state index contributed by atoms with van der Waals surface area (Å²) in [4.78, 5) is 2.93. The van der Waals surface area contributed by atoms with Crippen molar-refractivity contribution in [2.45, 2.75) is 32.4 Å². The van der Waals surface area contributed by atoms with Gasteiger partial charge in [-0.25, -0.2) is 0 Å². The lowest BCUT2D eigenvalue weighted by molar-refractivity contribution is 0.174. The molecule has 1 aliphatic heterocycles. The van der Waals surface area contributed by atoms with E-state index in [-0.39, 0.29) is 12.5 Å². The molecule has 2 N–H and O–H groups in total. The van der Waals surface area contributed by atoms with Crippen molar-refractivity contribution in [2.75, 3.05) is 6.79 Å². The number of rotatable bonds is 4. The Morgan fingerprint density at radius 3 is 2.81 bits per heavy atom. The van der Waals surface area contributed by atoms with Crippen molar-refractivity contribution in [3.8, 4) is 17.2 Å². The molecule has 4 rings (SSSR count). The van der Waals surface area contributed by atoms with E-state index in [1.54, 1.807) is 10.9 Å². The van der Waals surface area contributed by atoms with Crippen LogP contribution < -0.4 is 14.8 Å². The maximum Gasteiger partial charge on any atom is 0.231 e. The third-order valence-electron chi connectivity index (χ3n) is 3.99. The molecule has 1 aromatic carbocycles. The number of aromatic hydroxyl groups is 1. The first-order chi connectivity index (χ1) is 10.3.